The van der Waals surface area contributed by atoms with Crippen molar-refractivity contribution < 1.29 is 14.3 Å². The predicted octanol–water partition coefficient (Wildman–Crippen LogP) is 1.54. The summed E-state index contributed by atoms with van der Waals surface area (Å²) in [4.78, 5) is 24.3. The second kappa shape index (κ2) is 8.40. The largest absolute Gasteiger partial charge is 0.618 e. The lowest BCUT2D eigenvalue weighted by Gasteiger charge is -2.06. The monoisotopic (exact) mass is 337 g/mol. The number of hydrogen-bond acceptors (Lipinski definition) is 5. The fourth-order valence-corrected chi connectivity index (χ4v) is 3.05. The highest BCUT2D eigenvalue weighted by Gasteiger charge is 2.11. The second-order valence-corrected chi connectivity index (χ2v) is 6.31. The molecule has 0 aliphatic carbocycles. The minimum absolute atomic E-state index is 0.00456. The average Bonchev–Trinajstić information content (AvgIpc) is 2.99. The van der Waals surface area contributed by atoms with Gasteiger partial charge < -0.3 is 10.5 Å². The first kappa shape index (κ1) is 16.3. The average molecular weight is 337 g/mol. The third-order valence-corrected chi connectivity index (χ3v) is 4.58. The Kier molecular flexibility index (Phi) is 6.23. The molecule has 22 heavy (non-hydrogen) atoms. The number of carbonyl (C=O) groups excluding carboxylic acids is 2. The van der Waals surface area contributed by atoms with Crippen molar-refractivity contribution in [3.8, 4) is 0 Å². The summed E-state index contributed by atoms with van der Waals surface area (Å²) in [6.45, 7) is 0.464. The van der Waals surface area contributed by atoms with Crippen LogP contribution in [0.25, 0.3) is 0 Å². The van der Waals surface area contributed by atoms with Crippen molar-refractivity contribution in [3.05, 3.63) is 52.0 Å². The molecule has 0 fully saturated rings. The van der Waals surface area contributed by atoms with Gasteiger partial charge in [-0.1, -0.05) is 6.07 Å². The summed E-state index contributed by atoms with van der Waals surface area (Å²) in [6.07, 6.45) is 2.09. The Bertz CT molecular complexity index is 632. The first-order valence-corrected chi connectivity index (χ1v) is 8.43. The normalized spacial score (nSPS) is 10.2. The maximum Gasteiger partial charge on any atom is 0.321 e. The standard InChI is InChI=1S/C14H15N3O3S2/c18-12(10-22-13-5-1-2-8-17(13)20)16-14(19)15-7-6-11-4-3-9-21-11/h1-5,8-9H,6-7,10H2,(H2,15,16,18,19). The third-order valence-electron chi connectivity index (χ3n) is 2.63. The predicted molar refractivity (Wildman–Crippen MR) is 85.7 cm³/mol. The van der Waals surface area contributed by atoms with Gasteiger partial charge in [-0.25, -0.2) is 4.79 Å². The highest BCUT2D eigenvalue weighted by atomic mass is 32.2. The van der Waals surface area contributed by atoms with Crippen molar-refractivity contribution in [2.24, 2.45) is 0 Å². The summed E-state index contributed by atoms with van der Waals surface area (Å²) in [6, 6.07) is 8.36. The fourth-order valence-electron chi connectivity index (χ4n) is 1.62. The number of aromatic nitrogens is 1. The number of imide groups is 1. The molecule has 0 spiro atoms. The van der Waals surface area contributed by atoms with Gasteiger partial charge in [0.15, 0.2) is 6.20 Å². The van der Waals surface area contributed by atoms with E-state index in [1.54, 1.807) is 29.5 Å². The summed E-state index contributed by atoms with van der Waals surface area (Å²) < 4.78 is 0.680. The molecule has 0 atom stereocenters. The maximum atomic E-state index is 11.6. The molecule has 2 rings (SSSR count). The van der Waals surface area contributed by atoms with E-state index >= 15 is 0 Å². The molecule has 0 aliphatic heterocycles. The Morgan fingerprint density at radius 3 is 2.86 bits per heavy atom. The SMILES string of the molecule is O=C(CSc1cccc[n+]1[O-])NC(=O)NCCc1cccs1. The van der Waals surface area contributed by atoms with Crippen molar-refractivity contribution in [1.82, 2.24) is 10.6 Å². The Balaban J connectivity index is 1.66. The lowest BCUT2D eigenvalue weighted by Crippen LogP contribution is -2.41. The Morgan fingerprint density at radius 2 is 2.14 bits per heavy atom. The van der Waals surface area contributed by atoms with Gasteiger partial charge in [0, 0.05) is 23.6 Å². The van der Waals surface area contributed by atoms with Gasteiger partial charge in [0.2, 0.25) is 5.91 Å². The van der Waals surface area contributed by atoms with E-state index in [1.165, 1.54) is 11.1 Å². The van der Waals surface area contributed by atoms with Crippen molar-refractivity contribution in [1.29, 1.82) is 0 Å². The minimum atomic E-state index is -0.523. The number of nitrogens with one attached hydrogen (secondary N) is 2. The van der Waals surface area contributed by atoms with E-state index in [-0.39, 0.29) is 5.75 Å². The van der Waals surface area contributed by atoms with E-state index in [4.69, 9.17) is 0 Å². The van der Waals surface area contributed by atoms with Gasteiger partial charge in [0.05, 0.1) is 5.75 Å². The number of amides is 3. The van der Waals surface area contributed by atoms with Gasteiger partial charge in [-0.05, 0) is 35.7 Å². The number of nitrogens with zero attached hydrogens (tertiary/aromatic N) is 1. The molecule has 0 aromatic carbocycles. The fraction of sp³-hybridized carbons (Fsp3) is 0.214. The molecule has 2 N–H and O–H groups in total. The summed E-state index contributed by atoms with van der Waals surface area (Å²) in [5.74, 6) is -0.438. The van der Waals surface area contributed by atoms with E-state index in [1.807, 2.05) is 17.5 Å². The van der Waals surface area contributed by atoms with Gasteiger partial charge in [0.1, 0.15) is 0 Å². The van der Waals surface area contributed by atoms with Crippen LogP contribution in [0.15, 0.2) is 46.9 Å². The van der Waals surface area contributed by atoms with Crippen LogP contribution in [0, 0.1) is 5.21 Å². The Morgan fingerprint density at radius 1 is 1.27 bits per heavy atom. The quantitative estimate of drug-likeness (QED) is 0.476. The molecule has 0 aliphatic rings. The van der Waals surface area contributed by atoms with Gasteiger partial charge in [0.25, 0.3) is 5.03 Å². The highest BCUT2D eigenvalue weighted by Crippen LogP contribution is 2.11. The van der Waals surface area contributed by atoms with Gasteiger partial charge in [-0.15, -0.1) is 11.3 Å². The van der Waals surface area contributed by atoms with Crippen LogP contribution in [0.1, 0.15) is 4.88 Å². The molecule has 116 valence electrons. The smallest absolute Gasteiger partial charge is 0.321 e. The number of rotatable bonds is 6. The van der Waals surface area contributed by atoms with Crippen LogP contribution in [0.5, 0.6) is 0 Å². The van der Waals surface area contributed by atoms with Crippen LogP contribution in [0.2, 0.25) is 0 Å². The topological polar surface area (TPSA) is 85.1 Å². The zero-order valence-electron chi connectivity index (χ0n) is 11.7. The van der Waals surface area contributed by atoms with E-state index in [9.17, 15) is 14.8 Å². The van der Waals surface area contributed by atoms with E-state index < -0.39 is 11.9 Å². The van der Waals surface area contributed by atoms with Gasteiger partial charge in [-0.2, -0.15) is 4.73 Å². The Hall–Kier alpha value is -2.06. The molecular formula is C14H15N3O3S2. The molecular weight excluding hydrogens is 322 g/mol. The van der Waals surface area contributed by atoms with Crippen molar-refractivity contribution in [3.63, 3.8) is 0 Å². The van der Waals surface area contributed by atoms with Crippen molar-refractivity contribution in [2.75, 3.05) is 12.3 Å². The van der Waals surface area contributed by atoms with Crippen molar-refractivity contribution >= 4 is 35.0 Å². The first-order valence-electron chi connectivity index (χ1n) is 6.56. The molecule has 2 aromatic rings. The molecule has 0 saturated carbocycles. The summed E-state index contributed by atoms with van der Waals surface area (Å²) >= 11 is 2.70. The van der Waals surface area contributed by atoms with Crippen LogP contribution >= 0.6 is 23.1 Å². The minimum Gasteiger partial charge on any atom is -0.618 e. The van der Waals surface area contributed by atoms with Crippen LogP contribution in [0.4, 0.5) is 4.79 Å². The van der Waals surface area contributed by atoms with Gasteiger partial charge >= 0.3 is 6.03 Å². The first-order chi connectivity index (χ1) is 10.6. The molecule has 2 aromatic heterocycles. The van der Waals surface area contributed by atoms with Gasteiger partial charge in [-0.3, -0.25) is 10.1 Å². The van der Waals surface area contributed by atoms with Crippen molar-refractivity contribution in [2.45, 2.75) is 11.4 Å². The van der Waals surface area contributed by atoms with Crippen LogP contribution < -0.4 is 15.4 Å². The number of pyridine rings is 1. The number of carbonyl (C=O) groups is 2. The van der Waals surface area contributed by atoms with Crippen LogP contribution in [-0.2, 0) is 11.2 Å². The molecule has 0 radical (unpaired) electrons. The molecule has 8 heteroatoms. The molecule has 3 amide bonds. The highest BCUT2D eigenvalue weighted by molar-refractivity contribution is 7.99. The van der Waals surface area contributed by atoms with Crippen LogP contribution in [-0.4, -0.2) is 24.2 Å². The lowest BCUT2D eigenvalue weighted by atomic mass is 10.3. The number of hydrogen-bond donors (Lipinski definition) is 2. The molecule has 0 saturated heterocycles. The number of urea groups is 1. The summed E-state index contributed by atoms with van der Waals surface area (Å²) in [7, 11) is 0. The lowest BCUT2D eigenvalue weighted by molar-refractivity contribution is -0.645. The summed E-state index contributed by atoms with van der Waals surface area (Å²) in [5, 5.41) is 18.6. The van der Waals surface area contributed by atoms with E-state index in [2.05, 4.69) is 10.6 Å². The zero-order chi connectivity index (χ0) is 15.8. The zero-order valence-corrected chi connectivity index (χ0v) is 13.3. The van der Waals surface area contributed by atoms with Crippen LogP contribution in [0.3, 0.4) is 0 Å². The molecule has 6 nitrogen and oxygen atoms in total. The molecule has 0 bridgehead atoms. The Labute approximate surface area is 136 Å². The number of thioether (sulfide) groups is 1. The third kappa shape index (κ3) is 5.38. The number of thiophene rings is 1. The second-order valence-electron chi connectivity index (χ2n) is 4.29. The van der Waals surface area contributed by atoms with E-state index in [0.29, 0.717) is 16.3 Å². The maximum absolute atomic E-state index is 11.6. The summed E-state index contributed by atoms with van der Waals surface area (Å²) in [5.41, 5.74) is 0. The molecule has 0 unspecified atom stereocenters. The molecule has 2 heterocycles. The van der Waals surface area contributed by atoms with E-state index in [0.717, 1.165) is 18.2 Å².